The lowest BCUT2D eigenvalue weighted by molar-refractivity contribution is 0.174. The van der Waals surface area contributed by atoms with E-state index in [-0.39, 0.29) is 12.7 Å². The molecular weight excluding hydrogens is 334 g/mol. The summed E-state index contributed by atoms with van der Waals surface area (Å²) in [5, 5.41) is 0. The van der Waals surface area contributed by atoms with Crippen molar-refractivity contribution < 1.29 is 18.9 Å². The van der Waals surface area contributed by atoms with Gasteiger partial charge in [-0.2, -0.15) is 0 Å². The van der Waals surface area contributed by atoms with Gasteiger partial charge in [-0.05, 0) is 36.4 Å². The van der Waals surface area contributed by atoms with Crippen molar-refractivity contribution in [3.05, 3.63) is 42.5 Å². The third-order valence-corrected chi connectivity index (χ3v) is 4.10. The highest BCUT2D eigenvalue weighted by atomic mass is 16.7. The van der Waals surface area contributed by atoms with Crippen LogP contribution in [0.3, 0.4) is 0 Å². The smallest absolute Gasteiger partial charge is 0.231 e. The van der Waals surface area contributed by atoms with Gasteiger partial charge in [0.2, 0.25) is 12.7 Å². The van der Waals surface area contributed by atoms with Gasteiger partial charge < -0.3 is 24.7 Å². The monoisotopic (exact) mass is 351 g/mol. The molecule has 1 aromatic heterocycles. The van der Waals surface area contributed by atoms with Gasteiger partial charge in [0.1, 0.15) is 11.5 Å². The van der Waals surface area contributed by atoms with Crippen molar-refractivity contribution in [2.75, 3.05) is 26.7 Å². The van der Waals surface area contributed by atoms with Crippen LogP contribution in [0.25, 0.3) is 22.5 Å². The van der Waals surface area contributed by atoms with Crippen molar-refractivity contribution in [2.45, 2.75) is 0 Å². The van der Waals surface area contributed by atoms with Crippen LogP contribution in [0.15, 0.2) is 42.5 Å². The number of aromatic nitrogens is 2. The molecule has 2 heterocycles. The molecule has 0 saturated carbocycles. The topological polar surface area (TPSA) is 88.7 Å². The Bertz CT molecular complexity index is 975. The van der Waals surface area contributed by atoms with Crippen molar-refractivity contribution >= 4 is 5.95 Å². The Morgan fingerprint density at radius 3 is 2.50 bits per heavy atom. The van der Waals surface area contributed by atoms with Gasteiger partial charge in [0, 0.05) is 17.2 Å². The molecule has 0 atom stereocenters. The highest BCUT2D eigenvalue weighted by Crippen LogP contribution is 2.37. The zero-order valence-corrected chi connectivity index (χ0v) is 14.4. The first kappa shape index (κ1) is 16.0. The predicted molar refractivity (Wildman–Crippen MR) is 96.5 cm³/mol. The summed E-state index contributed by atoms with van der Waals surface area (Å²) in [6.07, 6.45) is 0. The number of nitrogen functional groups attached to an aromatic ring is 1. The second-order valence-electron chi connectivity index (χ2n) is 5.63. The molecule has 0 radical (unpaired) electrons. The van der Waals surface area contributed by atoms with E-state index in [1.54, 1.807) is 20.3 Å². The zero-order chi connectivity index (χ0) is 18.1. The minimum absolute atomic E-state index is 0.174. The summed E-state index contributed by atoms with van der Waals surface area (Å²) < 4.78 is 21.5. The fraction of sp³-hybridized carbons (Fsp3) is 0.158. The maximum Gasteiger partial charge on any atom is 0.231 e. The van der Waals surface area contributed by atoms with Gasteiger partial charge in [-0.15, -0.1) is 0 Å². The van der Waals surface area contributed by atoms with Crippen LogP contribution >= 0.6 is 0 Å². The Kier molecular flexibility index (Phi) is 3.96. The quantitative estimate of drug-likeness (QED) is 0.772. The molecular formula is C19H17N3O4. The molecule has 1 aliphatic heterocycles. The number of fused-ring (bicyclic) bond motifs is 1. The molecule has 3 aromatic rings. The van der Waals surface area contributed by atoms with E-state index in [1.165, 1.54) is 0 Å². The molecule has 0 unspecified atom stereocenters. The van der Waals surface area contributed by atoms with Crippen molar-refractivity contribution in [3.8, 4) is 45.5 Å². The van der Waals surface area contributed by atoms with Crippen LogP contribution in [-0.2, 0) is 0 Å². The first-order valence-corrected chi connectivity index (χ1v) is 7.95. The van der Waals surface area contributed by atoms with Crippen LogP contribution in [0.4, 0.5) is 5.95 Å². The Hall–Kier alpha value is -3.48. The van der Waals surface area contributed by atoms with Crippen molar-refractivity contribution in [1.29, 1.82) is 0 Å². The van der Waals surface area contributed by atoms with Crippen molar-refractivity contribution in [2.24, 2.45) is 0 Å². The Morgan fingerprint density at radius 2 is 1.69 bits per heavy atom. The molecule has 132 valence electrons. The summed E-state index contributed by atoms with van der Waals surface area (Å²) in [5.74, 6) is 2.91. The molecule has 0 aliphatic carbocycles. The van der Waals surface area contributed by atoms with Crippen LogP contribution in [-0.4, -0.2) is 31.0 Å². The van der Waals surface area contributed by atoms with Gasteiger partial charge in [0.05, 0.1) is 25.6 Å². The Labute approximate surface area is 150 Å². The molecule has 0 fully saturated rings. The minimum atomic E-state index is 0.174. The van der Waals surface area contributed by atoms with Crippen molar-refractivity contribution in [3.63, 3.8) is 0 Å². The van der Waals surface area contributed by atoms with E-state index >= 15 is 0 Å². The number of rotatable bonds is 4. The molecule has 7 heteroatoms. The maximum atomic E-state index is 5.95. The summed E-state index contributed by atoms with van der Waals surface area (Å²) in [7, 11) is 3.20. The third kappa shape index (κ3) is 2.83. The van der Waals surface area contributed by atoms with Crippen LogP contribution in [0.2, 0.25) is 0 Å². The lowest BCUT2D eigenvalue weighted by Crippen LogP contribution is -2.00. The number of anilines is 1. The molecule has 7 nitrogen and oxygen atoms in total. The average Bonchev–Trinajstić information content (AvgIpc) is 3.14. The lowest BCUT2D eigenvalue weighted by Gasteiger charge is -2.11. The maximum absolute atomic E-state index is 5.95. The molecule has 1 aliphatic rings. The van der Waals surface area contributed by atoms with E-state index in [4.69, 9.17) is 24.7 Å². The summed E-state index contributed by atoms with van der Waals surface area (Å²) in [5.41, 5.74) is 8.95. The second kappa shape index (κ2) is 6.44. The van der Waals surface area contributed by atoms with E-state index < -0.39 is 0 Å². The Morgan fingerprint density at radius 1 is 0.885 bits per heavy atom. The molecule has 26 heavy (non-hydrogen) atoms. The number of nitrogens with zero attached hydrogens (tertiary/aromatic N) is 2. The highest BCUT2D eigenvalue weighted by molar-refractivity contribution is 5.74. The number of ether oxygens (including phenoxy) is 4. The highest BCUT2D eigenvalue weighted by Gasteiger charge is 2.16. The second-order valence-corrected chi connectivity index (χ2v) is 5.63. The van der Waals surface area contributed by atoms with Gasteiger partial charge in [-0.25, -0.2) is 9.97 Å². The first-order valence-electron chi connectivity index (χ1n) is 7.95. The number of hydrogen-bond acceptors (Lipinski definition) is 7. The van der Waals surface area contributed by atoms with Gasteiger partial charge >= 0.3 is 0 Å². The zero-order valence-electron chi connectivity index (χ0n) is 14.4. The van der Waals surface area contributed by atoms with Crippen LogP contribution in [0.5, 0.6) is 23.0 Å². The van der Waals surface area contributed by atoms with Gasteiger partial charge in [0.15, 0.2) is 11.5 Å². The predicted octanol–water partition coefficient (Wildman–Crippen LogP) is 3.14. The number of nitrogens with two attached hydrogens (primary N) is 1. The first-order chi connectivity index (χ1) is 12.7. The van der Waals surface area contributed by atoms with Crippen LogP contribution in [0.1, 0.15) is 0 Å². The largest absolute Gasteiger partial charge is 0.497 e. The molecule has 0 saturated heterocycles. The molecule has 2 N–H and O–H groups in total. The normalized spacial score (nSPS) is 12.1. The van der Waals surface area contributed by atoms with E-state index in [9.17, 15) is 0 Å². The van der Waals surface area contributed by atoms with E-state index in [1.807, 2.05) is 36.4 Å². The Balaban J connectivity index is 1.80. The molecule has 0 spiro atoms. The lowest BCUT2D eigenvalue weighted by atomic mass is 10.1. The molecule has 4 rings (SSSR count). The summed E-state index contributed by atoms with van der Waals surface area (Å²) in [6, 6.07) is 13.0. The van der Waals surface area contributed by atoms with Crippen LogP contribution < -0.4 is 24.7 Å². The van der Waals surface area contributed by atoms with Gasteiger partial charge in [0.25, 0.3) is 0 Å². The van der Waals surface area contributed by atoms with Crippen molar-refractivity contribution in [1.82, 2.24) is 9.97 Å². The standard InChI is InChI=1S/C19H17N3O4/c1-23-12-4-5-13(17(8-12)24-2)15-9-14(21-19(20)22-15)11-3-6-16-18(7-11)26-10-25-16/h3-9H,10H2,1-2H3,(H2,20,21,22). The van der Waals surface area contributed by atoms with E-state index in [0.29, 0.717) is 34.4 Å². The van der Waals surface area contributed by atoms with Gasteiger partial charge in [-0.3, -0.25) is 0 Å². The molecule has 0 amide bonds. The van der Waals surface area contributed by atoms with Gasteiger partial charge in [-0.1, -0.05) is 0 Å². The average molecular weight is 351 g/mol. The summed E-state index contributed by atoms with van der Waals surface area (Å²) >= 11 is 0. The fourth-order valence-electron chi connectivity index (χ4n) is 2.82. The number of hydrogen-bond donors (Lipinski definition) is 1. The van der Waals surface area contributed by atoms with Crippen LogP contribution in [0, 0.1) is 0 Å². The number of methoxy groups -OCH3 is 2. The SMILES string of the molecule is COc1ccc(-c2cc(-c3ccc4c(c3)OCO4)nc(N)n2)c(OC)c1. The molecule has 0 bridgehead atoms. The van der Waals surface area contributed by atoms with E-state index in [2.05, 4.69) is 9.97 Å². The summed E-state index contributed by atoms with van der Waals surface area (Å²) in [6.45, 7) is 0.221. The minimum Gasteiger partial charge on any atom is -0.497 e. The third-order valence-electron chi connectivity index (χ3n) is 4.10. The summed E-state index contributed by atoms with van der Waals surface area (Å²) in [4.78, 5) is 8.71. The molecule has 2 aromatic carbocycles. The number of benzene rings is 2. The fourth-order valence-corrected chi connectivity index (χ4v) is 2.82. The van der Waals surface area contributed by atoms with E-state index in [0.717, 1.165) is 11.1 Å².